The number of rotatable bonds is 4. The first-order valence-corrected chi connectivity index (χ1v) is 7.21. The van der Waals surface area contributed by atoms with Crippen molar-refractivity contribution < 1.29 is 0 Å². The summed E-state index contributed by atoms with van der Waals surface area (Å²) in [5.41, 5.74) is 5.85. The lowest BCUT2D eigenvalue weighted by Gasteiger charge is -2.32. The molecule has 1 aromatic rings. The number of nitrogens with two attached hydrogens (primary N) is 1. The molecule has 2 heterocycles. The van der Waals surface area contributed by atoms with Crippen LogP contribution in [0.4, 0.5) is 11.6 Å². The normalized spacial score (nSPS) is 20.7. The van der Waals surface area contributed by atoms with Gasteiger partial charge in [0, 0.05) is 24.6 Å². The summed E-state index contributed by atoms with van der Waals surface area (Å²) in [4.78, 5) is 11.3. The first-order chi connectivity index (χ1) is 9.08. The Balaban J connectivity index is 2.06. The lowest BCUT2D eigenvalue weighted by Crippen LogP contribution is -2.42. The Bertz CT molecular complexity index is 418. The Kier molecular flexibility index (Phi) is 4.58. The fraction of sp³-hybridized carbons (Fsp3) is 0.714. The minimum atomic E-state index is 0.294. The molecule has 106 valence electrons. The number of likely N-dealkylation sites (N-methyl/N-ethyl adjacent to an activating group) is 1. The summed E-state index contributed by atoms with van der Waals surface area (Å²) in [6.45, 7) is 9.77. The summed E-state index contributed by atoms with van der Waals surface area (Å²) in [6, 6.07) is 2.29. The van der Waals surface area contributed by atoms with Crippen LogP contribution in [0.15, 0.2) is 6.07 Å². The molecule has 0 aliphatic carbocycles. The highest BCUT2D eigenvalue weighted by Gasteiger charge is 2.19. The van der Waals surface area contributed by atoms with Crippen LogP contribution in [-0.4, -0.2) is 40.5 Å². The zero-order valence-electron chi connectivity index (χ0n) is 12.2. The van der Waals surface area contributed by atoms with Crippen LogP contribution in [0.25, 0.3) is 0 Å². The van der Waals surface area contributed by atoms with E-state index in [0.717, 1.165) is 24.7 Å². The summed E-state index contributed by atoms with van der Waals surface area (Å²) in [5, 5.41) is 3.51. The van der Waals surface area contributed by atoms with Crippen molar-refractivity contribution >= 4 is 11.6 Å². The lowest BCUT2D eigenvalue weighted by molar-refractivity contribution is 0.226. The van der Waals surface area contributed by atoms with Crippen molar-refractivity contribution in [3.05, 3.63) is 11.9 Å². The van der Waals surface area contributed by atoms with Crippen LogP contribution in [0, 0.1) is 0 Å². The molecule has 0 spiro atoms. The van der Waals surface area contributed by atoms with Gasteiger partial charge in [-0.05, 0) is 25.9 Å². The minimum absolute atomic E-state index is 0.294. The van der Waals surface area contributed by atoms with Crippen LogP contribution in [0.2, 0.25) is 0 Å². The molecular formula is C14H25N5. The van der Waals surface area contributed by atoms with Crippen molar-refractivity contribution in [2.75, 3.05) is 30.7 Å². The van der Waals surface area contributed by atoms with E-state index in [4.69, 9.17) is 5.73 Å². The molecule has 1 atom stereocenters. The Morgan fingerprint density at radius 3 is 2.95 bits per heavy atom. The average Bonchev–Trinajstić information content (AvgIpc) is 2.38. The highest BCUT2D eigenvalue weighted by atomic mass is 15.2. The number of piperidine rings is 1. The number of nitrogen functional groups attached to an aromatic ring is 1. The van der Waals surface area contributed by atoms with Gasteiger partial charge in [-0.2, -0.15) is 0 Å². The van der Waals surface area contributed by atoms with Crippen molar-refractivity contribution in [2.24, 2.45) is 0 Å². The number of nitrogens with one attached hydrogen (secondary N) is 1. The molecule has 3 N–H and O–H groups in total. The van der Waals surface area contributed by atoms with Gasteiger partial charge >= 0.3 is 0 Å². The maximum absolute atomic E-state index is 5.85. The van der Waals surface area contributed by atoms with E-state index in [1.54, 1.807) is 0 Å². The monoisotopic (exact) mass is 263 g/mol. The van der Waals surface area contributed by atoms with E-state index in [0.29, 0.717) is 17.8 Å². The van der Waals surface area contributed by atoms with E-state index < -0.39 is 0 Å². The van der Waals surface area contributed by atoms with Crippen molar-refractivity contribution in [2.45, 2.75) is 45.6 Å². The quantitative estimate of drug-likeness (QED) is 0.870. The molecule has 19 heavy (non-hydrogen) atoms. The topological polar surface area (TPSA) is 67.1 Å². The van der Waals surface area contributed by atoms with E-state index >= 15 is 0 Å². The maximum atomic E-state index is 5.85. The fourth-order valence-electron chi connectivity index (χ4n) is 2.49. The third-order valence-electron chi connectivity index (χ3n) is 3.58. The molecule has 1 aliphatic rings. The molecule has 0 amide bonds. The second kappa shape index (κ2) is 6.19. The Morgan fingerprint density at radius 2 is 2.26 bits per heavy atom. The van der Waals surface area contributed by atoms with Crippen molar-refractivity contribution in [3.8, 4) is 0 Å². The van der Waals surface area contributed by atoms with Gasteiger partial charge in [-0.25, -0.2) is 9.97 Å². The van der Waals surface area contributed by atoms with Gasteiger partial charge in [0.1, 0.15) is 17.5 Å². The van der Waals surface area contributed by atoms with Crippen LogP contribution in [0.5, 0.6) is 0 Å². The number of likely N-dealkylation sites (tertiary alicyclic amines) is 1. The molecule has 0 bridgehead atoms. The van der Waals surface area contributed by atoms with Crippen LogP contribution in [0.3, 0.4) is 0 Å². The van der Waals surface area contributed by atoms with Crippen molar-refractivity contribution in [1.82, 2.24) is 14.9 Å². The summed E-state index contributed by atoms with van der Waals surface area (Å²) >= 11 is 0. The summed E-state index contributed by atoms with van der Waals surface area (Å²) in [6.07, 6.45) is 2.43. The number of anilines is 2. The molecule has 0 radical (unpaired) electrons. The summed E-state index contributed by atoms with van der Waals surface area (Å²) in [5.74, 6) is 2.51. The van der Waals surface area contributed by atoms with Crippen LogP contribution in [0.1, 0.15) is 45.4 Å². The van der Waals surface area contributed by atoms with Gasteiger partial charge in [-0.3, -0.25) is 0 Å². The zero-order chi connectivity index (χ0) is 13.8. The summed E-state index contributed by atoms with van der Waals surface area (Å²) < 4.78 is 0. The van der Waals surface area contributed by atoms with Crippen molar-refractivity contribution in [1.29, 1.82) is 0 Å². The van der Waals surface area contributed by atoms with Gasteiger partial charge in [0.15, 0.2) is 0 Å². The van der Waals surface area contributed by atoms with Gasteiger partial charge in [-0.15, -0.1) is 0 Å². The third kappa shape index (κ3) is 3.80. The second-order valence-corrected chi connectivity index (χ2v) is 5.57. The molecule has 1 fully saturated rings. The fourth-order valence-corrected chi connectivity index (χ4v) is 2.49. The molecule has 5 nitrogen and oxygen atoms in total. The first-order valence-electron chi connectivity index (χ1n) is 7.21. The molecule has 1 unspecified atom stereocenters. The number of hydrogen-bond acceptors (Lipinski definition) is 5. The van der Waals surface area contributed by atoms with Gasteiger partial charge in [0.25, 0.3) is 0 Å². The first kappa shape index (κ1) is 14.1. The average molecular weight is 263 g/mol. The number of aromatic nitrogens is 2. The predicted octanol–water partition coefficient (Wildman–Crippen LogP) is 2.08. The zero-order valence-corrected chi connectivity index (χ0v) is 12.2. The van der Waals surface area contributed by atoms with E-state index in [1.165, 1.54) is 19.4 Å². The Morgan fingerprint density at radius 1 is 1.47 bits per heavy atom. The van der Waals surface area contributed by atoms with E-state index in [9.17, 15) is 0 Å². The van der Waals surface area contributed by atoms with E-state index in [-0.39, 0.29) is 0 Å². The molecule has 1 aliphatic heterocycles. The van der Waals surface area contributed by atoms with E-state index in [1.807, 2.05) is 6.07 Å². The SMILES string of the molecule is CCN1CCCC(Nc2cc(N)nc(C(C)C)n2)C1. The third-order valence-corrected chi connectivity index (χ3v) is 3.58. The van der Waals surface area contributed by atoms with Gasteiger partial charge < -0.3 is 16.0 Å². The molecule has 0 saturated carbocycles. The summed E-state index contributed by atoms with van der Waals surface area (Å²) in [7, 11) is 0. The minimum Gasteiger partial charge on any atom is -0.384 e. The number of hydrogen-bond donors (Lipinski definition) is 2. The maximum Gasteiger partial charge on any atom is 0.135 e. The molecule has 0 aromatic carbocycles. The highest BCUT2D eigenvalue weighted by Crippen LogP contribution is 2.18. The lowest BCUT2D eigenvalue weighted by atomic mass is 10.1. The standard InChI is InChI=1S/C14H25N5/c1-4-19-7-5-6-11(9-19)16-13-8-12(15)17-14(18-13)10(2)3/h8,10-11H,4-7,9H2,1-3H3,(H3,15,16,17,18). The molecule has 1 saturated heterocycles. The predicted molar refractivity (Wildman–Crippen MR) is 79.3 cm³/mol. The second-order valence-electron chi connectivity index (χ2n) is 5.57. The number of nitrogens with zero attached hydrogens (tertiary/aromatic N) is 3. The largest absolute Gasteiger partial charge is 0.384 e. The van der Waals surface area contributed by atoms with E-state index in [2.05, 4.69) is 41.0 Å². The highest BCUT2D eigenvalue weighted by molar-refractivity contribution is 5.45. The molecular weight excluding hydrogens is 238 g/mol. The molecule has 5 heteroatoms. The van der Waals surface area contributed by atoms with Gasteiger partial charge in [-0.1, -0.05) is 20.8 Å². The van der Waals surface area contributed by atoms with Gasteiger partial charge in [0.05, 0.1) is 0 Å². The van der Waals surface area contributed by atoms with Crippen molar-refractivity contribution in [3.63, 3.8) is 0 Å². The van der Waals surface area contributed by atoms with Gasteiger partial charge in [0.2, 0.25) is 0 Å². The Hall–Kier alpha value is -1.36. The molecule has 1 aromatic heterocycles. The Labute approximate surface area is 115 Å². The van der Waals surface area contributed by atoms with Crippen LogP contribution >= 0.6 is 0 Å². The smallest absolute Gasteiger partial charge is 0.135 e. The van der Waals surface area contributed by atoms with Crippen LogP contribution in [-0.2, 0) is 0 Å². The molecule has 2 rings (SSSR count). The van der Waals surface area contributed by atoms with Crippen LogP contribution < -0.4 is 11.1 Å².